The molecule has 5 nitrogen and oxygen atoms in total. The molecule has 0 bridgehead atoms. The topological polar surface area (TPSA) is 68.0 Å². The van der Waals surface area contributed by atoms with E-state index < -0.39 is 5.41 Å². The zero-order chi connectivity index (χ0) is 18.0. The van der Waals surface area contributed by atoms with Crippen LogP contribution in [0.15, 0.2) is 28.7 Å². The van der Waals surface area contributed by atoms with Crippen LogP contribution in [0.4, 0.5) is 6.01 Å². The molecule has 1 N–H and O–H groups in total. The van der Waals surface area contributed by atoms with Gasteiger partial charge >= 0.3 is 6.01 Å². The van der Waals surface area contributed by atoms with Crippen LogP contribution in [0.2, 0.25) is 5.02 Å². The van der Waals surface area contributed by atoms with Crippen LogP contribution in [-0.4, -0.2) is 16.1 Å². The number of aromatic nitrogens is 2. The average molecular weight is 374 g/mol. The monoisotopic (exact) mass is 373 g/mol. The first kappa shape index (κ1) is 17.5. The highest BCUT2D eigenvalue weighted by Gasteiger charge is 2.43. The molecule has 0 atom stereocenters. The zero-order valence-electron chi connectivity index (χ0n) is 14.8. The highest BCUT2D eigenvalue weighted by atomic mass is 35.5. The van der Waals surface area contributed by atoms with E-state index in [-0.39, 0.29) is 11.9 Å². The van der Waals surface area contributed by atoms with E-state index in [0.717, 1.165) is 44.1 Å². The number of benzene rings is 1. The van der Waals surface area contributed by atoms with E-state index in [9.17, 15) is 4.79 Å². The van der Waals surface area contributed by atoms with Gasteiger partial charge in [0, 0.05) is 10.9 Å². The normalized spacial score (nSPS) is 20.2. The molecular formula is C20H24ClN3O2. The summed E-state index contributed by atoms with van der Waals surface area (Å²) >= 11 is 6.02. The second kappa shape index (κ2) is 7.39. The van der Waals surface area contributed by atoms with Gasteiger partial charge in [-0.05, 0) is 43.4 Å². The van der Waals surface area contributed by atoms with Gasteiger partial charge < -0.3 is 4.42 Å². The van der Waals surface area contributed by atoms with E-state index in [2.05, 4.69) is 15.5 Å². The molecule has 1 amide bonds. The highest BCUT2D eigenvalue weighted by molar-refractivity contribution is 6.30. The van der Waals surface area contributed by atoms with E-state index >= 15 is 0 Å². The molecule has 0 spiro atoms. The van der Waals surface area contributed by atoms with Crippen molar-refractivity contribution in [2.75, 3.05) is 5.32 Å². The number of rotatable bonds is 4. The van der Waals surface area contributed by atoms with Crippen LogP contribution in [0.25, 0.3) is 0 Å². The summed E-state index contributed by atoms with van der Waals surface area (Å²) in [7, 11) is 0. The van der Waals surface area contributed by atoms with E-state index in [1.54, 1.807) is 0 Å². The Hall–Kier alpha value is -1.88. The third kappa shape index (κ3) is 3.37. The molecule has 6 heteroatoms. The fourth-order valence-corrected chi connectivity index (χ4v) is 4.54. The molecule has 138 valence electrons. The van der Waals surface area contributed by atoms with Crippen molar-refractivity contribution in [3.8, 4) is 0 Å². The van der Waals surface area contributed by atoms with Gasteiger partial charge in [0.15, 0.2) is 0 Å². The number of carbonyl (C=O) groups excluding carboxylic acids is 1. The van der Waals surface area contributed by atoms with E-state index in [4.69, 9.17) is 16.0 Å². The summed E-state index contributed by atoms with van der Waals surface area (Å²) in [6, 6.07) is 7.81. The molecule has 0 radical (unpaired) electrons. The second-order valence-electron chi connectivity index (χ2n) is 7.53. The van der Waals surface area contributed by atoms with Gasteiger partial charge in [-0.1, -0.05) is 60.9 Å². The van der Waals surface area contributed by atoms with Crippen molar-refractivity contribution < 1.29 is 9.21 Å². The molecule has 4 rings (SSSR count). The lowest BCUT2D eigenvalue weighted by Crippen LogP contribution is -2.38. The Morgan fingerprint density at radius 2 is 1.73 bits per heavy atom. The third-order valence-electron chi connectivity index (χ3n) is 5.90. The molecule has 1 aromatic heterocycles. The second-order valence-corrected chi connectivity index (χ2v) is 7.97. The van der Waals surface area contributed by atoms with Gasteiger partial charge in [-0.3, -0.25) is 10.1 Å². The van der Waals surface area contributed by atoms with E-state index in [1.807, 2.05) is 24.3 Å². The van der Waals surface area contributed by atoms with E-state index in [0.29, 0.717) is 16.8 Å². The molecule has 0 unspecified atom stereocenters. The number of hydrogen-bond donors (Lipinski definition) is 1. The van der Waals surface area contributed by atoms with Crippen molar-refractivity contribution in [1.82, 2.24) is 10.2 Å². The molecule has 1 heterocycles. The molecule has 2 saturated carbocycles. The zero-order valence-corrected chi connectivity index (χ0v) is 15.6. The molecule has 2 fully saturated rings. The molecule has 0 aliphatic heterocycles. The molecule has 2 aliphatic carbocycles. The minimum absolute atomic E-state index is 0.0591. The first-order valence-corrected chi connectivity index (χ1v) is 9.96. The molecule has 26 heavy (non-hydrogen) atoms. The van der Waals surface area contributed by atoms with Crippen molar-refractivity contribution in [3.63, 3.8) is 0 Å². The van der Waals surface area contributed by atoms with Crippen molar-refractivity contribution in [3.05, 3.63) is 40.7 Å². The van der Waals surface area contributed by atoms with Crippen LogP contribution < -0.4 is 5.32 Å². The van der Waals surface area contributed by atoms with Crippen LogP contribution in [0, 0.1) is 0 Å². The lowest BCUT2D eigenvalue weighted by molar-refractivity contribution is -0.121. The number of carbonyl (C=O) groups is 1. The van der Waals surface area contributed by atoms with Gasteiger partial charge in [0.1, 0.15) is 0 Å². The molecule has 2 aromatic rings. The molecule has 1 aromatic carbocycles. The quantitative estimate of drug-likeness (QED) is 0.797. The minimum Gasteiger partial charge on any atom is -0.408 e. The van der Waals surface area contributed by atoms with Crippen molar-refractivity contribution in [2.45, 2.75) is 69.1 Å². The maximum Gasteiger partial charge on any atom is 0.322 e. The number of nitrogens with zero attached hydrogens (tertiary/aromatic N) is 2. The molecule has 0 saturated heterocycles. The minimum atomic E-state index is -0.538. The summed E-state index contributed by atoms with van der Waals surface area (Å²) in [4.78, 5) is 13.1. The Kier molecular flexibility index (Phi) is 4.98. The largest absolute Gasteiger partial charge is 0.408 e. The number of nitrogens with one attached hydrogen (secondary N) is 1. The van der Waals surface area contributed by atoms with Gasteiger partial charge in [0.05, 0.1) is 5.41 Å². The van der Waals surface area contributed by atoms with Crippen LogP contribution >= 0.6 is 11.6 Å². The van der Waals surface area contributed by atoms with Crippen molar-refractivity contribution in [2.24, 2.45) is 0 Å². The van der Waals surface area contributed by atoms with Crippen LogP contribution in [0.5, 0.6) is 0 Å². The Bertz CT molecular complexity index is 760. The Morgan fingerprint density at radius 1 is 1.04 bits per heavy atom. The number of amides is 1. The lowest BCUT2D eigenvalue weighted by Gasteiger charge is -2.27. The van der Waals surface area contributed by atoms with Crippen molar-refractivity contribution >= 4 is 23.5 Å². The van der Waals surface area contributed by atoms with Crippen molar-refractivity contribution in [1.29, 1.82) is 0 Å². The Morgan fingerprint density at radius 3 is 2.42 bits per heavy atom. The number of hydrogen-bond acceptors (Lipinski definition) is 4. The third-order valence-corrected chi connectivity index (χ3v) is 6.16. The number of halogens is 1. The summed E-state index contributed by atoms with van der Waals surface area (Å²) in [5, 5.41) is 11.8. The Labute approximate surface area is 158 Å². The molecular weight excluding hydrogens is 350 g/mol. The number of anilines is 1. The molecule has 2 aliphatic rings. The maximum atomic E-state index is 13.1. The fraction of sp³-hybridized carbons (Fsp3) is 0.550. The first-order chi connectivity index (χ1) is 12.7. The highest BCUT2D eigenvalue weighted by Crippen LogP contribution is 2.42. The predicted molar refractivity (Wildman–Crippen MR) is 100 cm³/mol. The SMILES string of the molecule is O=C(Nc1nnc(C2CCCCC2)o1)C1(c2ccc(Cl)cc2)CCCC1. The summed E-state index contributed by atoms with van der Waals surface area (Å²) < 4.78 is 5.78. The first-order valence-electron chi connectivity index (χ1n) is 9.58. The standard InChI is InChI=1S/C20H24ClN3O2/c21-16-10-8-15(9-11-16)20(12-4-5-13-20)18(25)22-19-24-23-17(26-19)14-6-2-1-3-7-14/h8-11,14H,1-7,12-13H2,(H,22,24,25). The van der Waals surface area contributed by atoms with Crippen LogP contribution in [0.3, 0.4) is 0 Å². The van der Waals surface area contributed by atoms with E-state index in [1.165, 1.54) is 19.3 Å². The van der Waals surface area contributed by atoms with Gasteiger partial charge in [-0.15, -0.1) is 5.10 Å². The fourth-order valence-electron chi connectivity index (χ4n) is 4.41. The maximum absolute atomic E-state index is 13.1. The van der Waals surface area contributed by atoms with Crippen LogP contribution in [-0.2, 0) is 10.2 Å². The van der Waals surface area contributed by atoms with Gasteiger partial charge in [-0.2, -0.15) is 0 Å². The summed E-state index contributed by atoms with van der Waals surface area (Å²) in [6.45, 7) is 0. The smallest absolute Gasteiger partial charge is 0.322 e. The van der Waals surface area contributed by atoms with Gasteiger partial charge in [-0.25, -0.2) is 0 Å². The lowest BCUT2D eigenvalue weighted by atomic mass is 9.78. The average Bonchev–Trinajstić information content (AvgIpc) is 3.33. The summed E-state index contributed by atoms with van der Waals surface area (Å²) in [5.41, 5.74) is 0.466. The van der Waals surface area contributed by atoms with Gasteiger partial charge in [0.2, 0.25) is 11.8 Å². The summed E-state index contributed by atoms with van der Waals surface area (Å²) in [6.07, 6.45) is 9.57. The van der Waals surface area contributed by atoms with Crippen LogP contribution in [0.1, 0.15) is 75.2 Å². The summed E-state index contributed by atoms with van der Waals surface area (Å²) in [5.74, 6) is 0.932. The predicted octanol–water partition coefficient (Wildman–Crippen LogP) is 5.22. The van der Waals surface area contributed by atoms with Gasteiger partial charge in [0.25, 0.3) is 0 Å². The Balaban J connectivity index is 1.52.